The first-order chi connectivity index (χ1) is 9.87. The van der Waals surface area contributed by atoms with Crippen LogP contribution >= 0.6 is 0 Å². The van der Waals surface area contributed by atoms with Gasteiger partial charge in [-0.15, -0.1) is 0 Å². The third-order valence-electron chi connectivity index (χ3n) is 3.78. The van der Waals surface area contributed by atoms with Crippen molar-refractivity contribution in [2.75, 3.05) is 13.6 Å². The lowest BCUT2D eigenvalue weighted by atomic mass is 9.86. The maximum absolute atomic E-state index is 12.0. The minimum atomic E-state index is -0.495. The average molecular weight is 314 g/mol. The lowest BCUT2D eigenvalue weighted by molar-refractivity contribution is 0.0227. The van der Waals surface area contributed by atoms with Gasteiger partial charge in [-0.1, -0.05) is 20.8 Å². The molecule has 0 aliphatic heterocycles. The largest absolute Gasteiger partial charge is 0.444 e. The van der Waals surface area contributed by atoms with E-state index in [-0.39, 0.29) is 29.7 Å². The summed E-state index contributed by atoms with van der Waals surface area (Å²) in [5, 5.41) is 13.0. The number of amides is 1. The van der Waals surface area contributed by atoms with E-state index in [2.05, 4.69) is 38.0 Å². The van der Waals surface area contributed by atoms with Gasteiger partial charge in [0.25, 0.3) is 0 Å². The van der Waals surface area contributed by atoms with E-state index in [0.717, 1.165) is 19.4 Å². The van der Waals surface area contributed by atoms with Crippen LogP contribution in [0, 0.1) is 5.41 Å². The molecule has 0 saturated heterocycles. The predicted molar refractivity (Wildman–Crippen MR) is 88.9 cm³/mol. The molecule has 3 atom stereocenters. The van der Waals surface area contributed by atoms with E-state index in [1.54, 1.807) is 0 Å². The summed E-state index contributed by atoms with van der Waals surface area (Å²) in [5.41, 5.74) is -0.321. The van der Waals surface area contributed by atoms with E-state index in [1.807, 2.05) is 20.8 Å². The highest BCUT2D eigenvalue weighted by atomic mass is 16.6. The summed E-state index contributed by atoms with van der Waals surface area (Å²) in [5.74, 6) is 0. The van der Waals surface area contributed by atoms with Crippen molar-refractivity contribution in [1.29, 1.82) is 0 Å². The quantitative estimate of drug-likeness (QED) is 0.841. The molecule has 1 fully saturated rings. The Morgan fingerprint density at radius 1 is 1.23 bits per heavy atom. The fraction of sp³-hybridized carbons (Fsp3) is 0.941. The van der Waals surface area contributed by atoms with Gasteiger partial charge in [-0.25, -0.2) is 4.79 Å². The van der Waals surface area contributed by atoms with Gasteiger partial charge in [0.2, 0.25) is 0 Å². The van der Waals surface area contributed by atoms with Gasteiger partial charge in [0.15, 0.2) is 0 Å². The number of carbonyl (C=O) groups excluding carboxylic acids is 1. The average Bonchev–Trinajstić information content (AvgIpc) is 2.26. The molecule has 0 aromatic carbocycles. The zero-order valence-electron chi connectivity index (χ0n) is 15.3. The van der Waals surface area contributed by atoms with E-state index in [4.69, 9.17) is 4.74 Å². The molecule has 1 aliphatic carbocycles. The number of carbonyl (C=O) groups is 1. The highest BCUT2D eigenvalue weighted by Gasteiger charge is 2.35. The molecular weight excluding hydrogens is 280 g/mol. The van der Waals surface area contributed by atoms with Crippen LogP contribution in [0.2, 0.25) is 0 Å². The van der Waals surface area contributed by atoms with Crippen LogP contribution in [0.25, 0.3) is 0 Å². The van der Waals surface area contributed by atoms with Gasteiger partial charge in [-0.3, -0.25) is 0 Å². The maximum Gasteiger partial charge on any atom is 0.407 e. The molecule has 5 heteroatoms. The number of rotatable bonds is 3. The Hall–Kier alpha value is -0.810. The molecule has 2 N–H and O–H groups in total. The van der Waals surface area contributed by atoms with Gasteiger partial charge in [0, 0.05) is 18.6 Å². The second-order valence-electron chi connectivity index (χ2n) is 8.76. The van der Waals surface area contributed by atoms with E-state index in [0.29, 0.717) is 6.42 Å². The first-order valence-corrected chi connectivity index (χ1v) is 8.25. The van der Waals surface area contributed by atoms with Crippen molar-refractivity contribution in [3.63, 3.8) is 0 Å². The minimum Gasteiger partial charge on any atom is -0.444 e. The Bertz CT molecular complexity index is 371. The van der Waals surface area contributed by atoms with Gasteiger partial charge < -0.3 is 20.1 Å². The summed E-state index contributed by atoms with van der Waals surface area (Å²) >= 11 is 0. The third kappa shape index (κ3) is 6.97. The molecule has 0 aromatic heterocycles. The smallest absolute Gasteiger partial charge is 0.407 e. The summed E-state index contributed by atoms with van der Waals surface area (Å²) in [6, 6.07) is 0.154. The van der Waals surface area contributed by atoms with Crippen molar-refractivity contribution in [1.82, 2.24) is 10.2 Å². The standard InChI is InChI=1S/C17H34N2O3/c1-16(2,3)11-19(7)14-10-12(20)8-9-13(14)18-15(21)22-17(4,5)6/h12-14,20H,8-11H2,1-7H3,(H,18,21). The number of hydrogen-bond acceptors (Lipinski definition) is 4. The van der Waals surface area contributed by atoms with E-state index >= 15 is 0 Å². The minimum absolute atomic E-state index is 0.0191. The fourth-order valence-corrected chi connectivity index (χ4v) is 3.11. The Balaban J connectivity index is 2.70. The molecular formula is C17H34N2O3. The number of alkyl carbamates (subject to hydrolysis) is 1. The first kappa shape index (κ1) is 19.2. The van der Waals surface area contributed by atoms with Crippen LogP contribution in [-0.4, -0.2) is 53.5 Å². The van der Waals surface area contributed by atoms with Crippen LogP contribution in [-0.2, 0) is 4.74 Å². The number of ether oxygens (including phenoxy) is 1. The number of nitrogens with one attached hydrogen (secondary N) is 1. The molecule has 0 spiro atoms. The van der Waals surface area contributed by atoms with Crippen LogP contribution < -0.4 is 5.32 Å². The summed E-state index contributed by atoms with van der Waals surface area (Å²) < 4.78 is 5.37. The number of nitrogens with zero attached hydrogens (tertiary/aromatic N) is 1. The van der Waals surface area contributed by atoms with Crippen molar-refractivity contribution in [3.05, 3.63) is 0 Å². The summed E-state index contributed by atoms with van der Waals surface area (Å²) in [6.07, 6.45) is 1.53. The van der Waals surface area contributed by atoms with Crippen LogP contribution in [0.3, 0.4) is 0 Å². The lowest BCUT2D eigenvalue weighted by Gasteiger charge is -2.42. The Labute approximate surface area is 135 Å². The SMILES string of the molecule is CN(CC(C)(C)C)C1CC(O)CCC1NC(=O)OC(C)(C)C. The molecule has 130 valence electrons. The van der Waals surface area contributed by atoms with E-state index < -0.39 is 5.60 Å². The molecule has 0 bridgehead atoms. The van der Waals surface area contributed by atoms with Crippen molar-refractivity contribution < 1.29 is 14.6 Å². The number of hydrogen-bond donors (Lipinski definition) is 2. The fourth-order valence-electron chi connectivity index (χ4n) is 3.11. The second-order valence-corrected chi connectivity index (χ2v) is 8.76. The second kappa shape index (κ2) is 7.18. The Morgan fingerprint density at radius 2 is 1.82 bits per heavy atom. The van der Waals surface area contributed by atoms with Crippen molar-refractivity contribution in [3.8, 4) is 0 Å². The highest BCUT2D eigenvalue weighted by molar-refractivity contribution is 5.68. The molecule has 0 radical (unpaired) electrons. The van der Waals surface area contributed by atoms with Crippen LogP contribution in [0.4, 0.5) is 4.79 Å². The number of aliphatic hydroxyl groups is 1. The monoisotopic (exact) mass is 314 g/mol. The molecule has 5 nitrogen and oxygen atoms in total. The Kier molecular flexibility index (Phi) is 6.27. The zero-order valence-corrected chi connectivity index (χ0v) is 15.3. The van der Waals surface area contributed by atoms with Crippen LogP contribution in [0.5, 0.6) is 0 Å². The molecule has 1 saturated carbocycles. The Morgan fingerprint density at radius 3 is 2.32 bits per heavy atom. The summed E-state index contributed by atoms with van der Waals surface area (Å²) in [4.78, 5) is 14.3. The highest BCUT2D eigenvalue weighted by Crippen LogP contribution is 2.26. The molecule has 0 aromatic rings. The van der Waals surface area contributed by atoms with E-state index in [9.17, 15) is 9.90 Å². The van der Waals surface area contributed by atoms with Gasteiger partial charge in [-0.2, -0.15) is 0 Å². The molecule has 0 heterocycles. The van der Waals surface area contributed by atoms with Crippen molar-refractivity contribution in [2.24, 2.45) is 5.41 Å². The number of aliphatic hydroxyl groups excluding tert-OH is 1. The molecule has 3 unspecified atom stereocenters. The molecule has 1 amide bonds. The van der Waals surface area contributed by atoms with E-state index in [1.165, 1.54) is 0 Å². The molecule has 1 rings (SSSR count). The number of likely N-dealkylation sites (N-methyl/N-ethyl adjacent to an activating group) is 1. The van der Waals surface area contributed by atoms with Crippen LogP contribution in [0.1, 0.15) is 60.8 Å². The third-order valence-corrected chi connectivity index (χ3v) is 3.78. The van der Waals surface area contributed by atoms with Gasteiger partial charge in [-0.05, 0) is 52.5 Å². The topological polar surface area (TPSA) is 61.8 Å². The van der Waals surface area contributed by atoms with Crippen LogP contribution in [0.15, 0.2) is 0 Å². The van der Waals surface area contributed by atoms with Crippen molar-refractivity contribution >= 4 is 6.09 Å². The van der Waals surface area contributed by atoms with Crippen molar-refractivity contribution in [2.45, 2.75) is 84.6 Å². The maximum atomic E-state index is 12.0. The first-order valence-electron chi connectivity index (χ1n) is 8.25. The summed E-state index contributed by atoms with van der Waals surface area (Å²) in [6.45, 7) is 13.1. The normalized spacial score (nSPS) is 26.9. The van der Waals surface area contributed by atoms with Gasteiger partial charge >= 0.3 is 6.09 Å². The predicted octanol–water partition coefficient (Wildman–Crippen LogP) is 2.77. The van der Waals surface area contributed by atoms with Gasteiger partial charge in [0.05, 0.1) is 6.10 Å². The lowest BCUT2D eigenvalue weighted by Crippen LogP contribution is -2.56. The molecule has 22 heavy (non-hydrogen) atoms. The summed E-state index contributed by atoms with van der Waals surface area (Å²) in [7, 11) is 2.07. The molecule has 1 aliphatic rings. The zero-order chi connectivity index (χ0) is 17.1. The van der Waals surface area contributed by atoms with Gasteiger partial charge in [0.1, 0.15) is 5.60 Å².